The van der Waals surface area contributed by atoms with Crippen LogP contribution in [0.3, 0.4) is 0 Å². The summed E-state index contributed by atoms with van der Waals surface area (Å²) in [6, 6.07) is 13.1. The fourth-order valence-electron chi connectivity index (χ4n) is 5.25. The molecule has 0 saturated heterocycles. The van der Waals surface area contributed by atoms with Crippen molar-refractivity contribution < 1.29 is 27.9 Å². The summed E-state index contributed by atoms with van der Waals surface area (Å²) in [5.74, 6) is -1.66. The van der Waals surface area contributed by atoms with Gasteiger partial charge in [-0.25, -0.2) is 0 Å². The first-order valence-electron chi connectivity index (χ1n) is 12.2. The minimum Gasteiger partial charge on any atom is -0.481 e. The van der Waals surface area contributed by atoms with Gasteiger partial charge in [0.1, 0.15) is 0 Å². The van der Waals surface area contributed by atoms with E-state index in [0.717, 1.165) is 28.6 Å². The highest BCUT2D eigenvalue weighted by molar-refractivity contribution is 6.06. The van der Waals surface area contributed by atoms with E-state index in [1.165, 1.54) is 0 Å². The summed E-state index contributed by atoms with van der Waals surface area (Å²) >= 11 is 0. The summed E-state index contributed by atoms with van der Waals surface area (Å²) in [5.41, 5.74) is 1.27. The molecule has 1 saturated carbocycles. The Morgan fingerprint density at radius 3 is 2.57 bits per heavy atom. The molecule has 0 aliphatic heterocycles. The van der Waals surface area contributed by atoms with Gasteiger partial charge in [0.2, 0.25) is 0 Å². The first-order valence-corrected chi connectivity index (χ1v) is 12.2. The highest BCUT2D eigenvalue weighted by Crippen LogP contribution is 2.35. The lowest BCUT2D eigenvalue weighted by Crippen LogP contribution is -2.32. The molecule has 2 aromatic heterocycles. The van der Waals surface area contributed by atoms with Crippen LogP contribution in [0.15, 0.2) is 60.9 Å². The number of hydrogen-bond donors (Lipinski definition) is 2. The Balaban J connectivity index is 1.46. The number of rotatable bonds is 6. The van der Waals surface area contributed by atoms with E-state index < -0.39 is 23.6 Å². The number of nitrogens with one attached hydrogen (secondary N) is 1. The maximum atomic E-state index is 13.7. The summed E-state index contributed by atoms with van der Waals surface area (Å²) in [7, 11) is 0. The predicted octanol–water partition coefficient (Wildman–Crippen LogP) is 5.88. The number of hydrogen-bond acceptors (Lipinski definition) is 3. The Bertz CT molecular complexity index is 1460. The van der Waals surface area contributed by atoms with Crippen LogP contribution in [0.25, 0.3) is 21.8 Å². The maximum Gasteiger partial charge on any atom is 0.416 e. The number of carbonyl (C=O) groups excluding carboxylic acids is 1. The number of carboxylic acid groups (broad SMARTS) is 1. The highest BCUT2D eigenvalue weighted by atomic mass is 19.4. The third-order valence-electron chi connectivity index (χ3n) is 7.26. The number of fused-ring (bicyclic) bond motifs is 2. The van der Waals surface area contributed by atoms with Gasteiger partial charge >= 0.3 is 12.1 Å². The van der Waals surface area contributed by atoms with Crippen molar-refractivity contribution in [2.24, 2.45) is 11.8 Å². The summed E-state index contributed by atoms with van der Waals surface area (Å²) in [6.07, 6.45) is 1.18. The molecule has 0 spiro atoms. The minimum absolute atomic E-state index is 0.0348. The molecule has 6 nitrogen and oxygen atoms in total. The molecule has 1 amide bonds. The van der Waals surface area contributed by atoms with Crippen LogP contribution in [-0.4, -0.2) is 33.1 Å². The van der Waals surface area contributed by atoms with E-state index >= 15 is 0 Å². The fourth-order valence-corrected chi connectivity index (χ4v) is 5.25. The van der Waals surface area contributed by atoms with Gasteiger partial charge in [0.05, 0.1) is 28.1 Å². The van der Waals surface area contributed by atoms with Gasteiger partial charge in [0.15, 0.2) is 0 Å². The number of aliphatic carboxylic acids is 1. The summed E-state index contributed by atoms with van der Waals surface area (Å²) in [6.45, 7) is 0.649. The van der Waals surface area contributed by atoms with Gasteiger partial charge in [-0.15, -0.1) is 0 Å². The zero-order chi connectivity index (χ0) is 26.2. The minimum atomic E-state index is -4.60. The molecule has 1 aliphatic carbocycles. The first-order chi connectivity index (χ1) is 17.7. The third-order valence-corrected chi connectivity index (χ3v) is 7.26. The number of alkyl halides is 3. The lowest BCUT2D eigenvalue weighted by Gasteiger charge is -2.26. The SMILES string of the molecule is O=C(NCC1CCC(C(=O)O)CC1)c1cc(C(F)(F)F)cc2ccn(Cc3cccc4ncccc34)c12. The number of carbonyl (C=O) groups is 2. The van der Waals surface area contributed by atoms with Crippen molar-refractivity contribution in [1.82, 2.24) is 14.9 Å². The van der Waals surface area contributed by atoms with Crippen LogP contribution in [0.1, 0.15) is 47.2 Å². The highest BCUT2D eigenvalue weighted by Gasteiger charge is 2.33. The van der Waals surface area contributed by atoms with Crippen molar-refractivity contribution in [2.45, 2.75) is 38.4 Å². The Morgan fingerprint density at radius 1 is 1.05 bits per heavy atom. The van der Waals surface area contributed by atoms with Gasteiger partial charge in [0, 0.05) is 36.3 Å². The Kier molecular flexibility index (Phi) is 6.62. The quantitative estimate of drug-likeness (QED) is 0.340. The van der Waals surface area contributed by atoms with E-state index in [2.05, 4.69) is 10.3 Å². The first kappa shape index (κ1) is 24.8. The maximum absolute atomic E-state index is 13.7. The van der Waals surface area contributed by atoms with Crippen LogP contribution in [0, 0.1) is 11.8 Å². The summed E-state index contributed by atoms with van der Waals surface area (Å²) < 4.78 is 42.8. The Morgan fingerprint density at radius 2 is 1.84 bits per heavy atom. The standard InChI is InChI=1S/C28H26F3N3O3/c29-28(30,31)21-13-19-10-12-34(16-20-3-1-5-24-22(20)4-2-11-32-24)25(19)23(14-21)26(35)33-15-17-6-8-18(9-7-17)27(36)37/h1-5,10-14,17-18H,6-9,15-16H2,(H,33,35)(H,36,37). The molecule has 2 aromatic carbocycles. The summed E-state index contributed by atoms with van der Waals surface area (Å²) in [4.78, 5) is 28.8. The molecule has 0 radical (unpaired) electrons. The van der Waals surface area contributed by atoms with Crippen molar-refractivity contribution in [2.75, 3.05) is 6.54 Å². The molecule has 2 N–H and O–H groups in total. The lowest BCUT2D eigenvalue weighted by atomic mass is 9.82. The number of carboxylic acids is 1. The van der Waals surface area contributed by atoms with Crippen LogP contribution in [-0.2, 0) is 17.5 Å². The number of benzene rings is 2. The molecule has 1 aliphatic rings. The van der Waals surface area contributed by atoms with Crippen molar-refractivity contribution in [3.8, 4) is 0 Å². The third kappa shape index (κ3) is 5.16. The van der Waals surface area contributed by atoms with E-state index in [9.17, 15) is 27.9 Å². The van der Waals surface area contributed by atoms with Gasteiger partial charge in [-0.1, -0.05) is 18.2 Å². The molecule has 9 heteroatoms. The van der Waals surface area contributed by atoms with Crippen molar-refractivity contribution in [3.05, 3.63) is 77.6 Å². The van der Waals surface area contributed by atoms with Crippen molar-refractivity contribution in [3.63, 3.8) is 0 Å². The molecule has 192 valence electrons. The van der Waals surface area contributed by atoms with E-state index in [1.54, 1.807) is 23.0 Å². The smallest absolute Gasteiger partial charge is 0.416 e. The molecule has 2 heterocycles. The molecule has 5 rings (SSSR count). The van der Waals surface area contributed by atoms with Gasteiger partial charge in [-0.3, -0.25) is 14.6 Å². The predicted molar refractivity (Wildman–Crippen MR) is 133 cm³/mol. The number of aromatic nitrogens is 2. The number of nitrogens with zero attached hydrogens (tertiary/aromatic N) is 2. The molecular formula is C28H26F3N3O3. The van der Waals surface area contributed by atoms with Crippen LogP contribution < -0.4 is 5.32 Å². The van der Waals surface area contributed by atoms with Crippen LogP contribution in [0.2, 0.25) is 0 Å². The van der Waals surface area contributed by atoms with Gasteiger partial charge in [0.25, 0.3) is 5.91 Å². The van der Waals surface area contributed by atoms with Crippen molar-refractivity contribution >= 4 is 33.7 Å². The van der Waals surface area contributed by atoms with Crippen LogP contribution in [0.4, 0.5) is 13.2 Å². The second-order valence-electron chi connectivity index (χ2n) is 9.66. The zero-order valence-corrected chi connectivity index (χ0v) is 20.0. The van der Waals surface area contributed by atoms with Crippen LogP contribution >= 0.6 is 0 Å². The summed E-state index contributed by atoms with van der Waals surface area (Å²) in [5, 5.41) is 13.3. The van der Waals surface area contributed by atoms with Gasteiger partial charge in [-0.2, -0.15) is 13.2 Å². The van der Waals surface area contributed by atoms with E-state index in [4.69, 9.17) is 0 Å². The normalized spacial score (nSPS) is 18.2. The topological polar surface area (TPSA) is 84.2 Å². The average molecular weight is 510 g/mol. The Labute approximate surface area is 211 Å². The molecule has 4 aromatic rings. The largest absolute Gasteiger partial charge is 0.481 e. The second kappa shape index (κ2) is 9.88. The number of pyridine rings is 1. The molecular weight excluding hydrogens is 483 g/mol. The molecule has 0 bridgehead atoms. The monoisotopic (exact) mass is 509 g/mol. The average Bonchev–Trinajstić information content (AvgIpc) is 3.29. The van der Waals surface area contributed by atoms with Crippen LogP contribution in [0.5, 0.6) is 0 Å². The number of amides is 1. The molecule has 37 heavy (non-hydrogen) atoms. The molecule has 1 fully saturated rings. The van der Waals surface area contributed by atoms with E-state index in [1.807, 2.05) is 30.3 Å². The van der Waals surface area contributed by atoms with Gasteiger partial charge < -0.3 is 15.0 Å². The molecule has 0 unspecified atom stereocenters. The fraction of sp³-hybridized carbons (Fsp3) is 0.321. The van der Waals surface area contributed by atoms with Gasteiger partial charge in [-0.05, 0) is 67.5 Å². The molecule has 0 atom stereocenters. The second-order valence-corrected chi connectivity index (χ2v) is 9.66. The zero-order valence-electron chi connectivity index (χ0n) is 20.0. The van der Waals surface area contributed by atoms with E-state index in [0.29, 0.717) is 49.7 Å². The number of halogens is 3. The lowest BCUT2D eigenvalue weighted by molar-refractivity contribution is -0.143. The van der Waals surface area contributed by atoms with Crippen molar-refractivity contribution in [1.29, 1.82) is 0 Å². The van der Waals surface area contributed by atoms with E-state index in [-0.39, 0.29) is 17.4 Å². The Hall–Kier alpha value is -3.88.